The molecule has 22 heavy (non-hydrogen) atoms. The summed E-state index contributed by atoms with van der Waals surface area (Å²) in [6.07, 6.45) is 6.17. The topological polar surface area (TPSA) is 84.1 Å². The molecule has 7 nitrogen and oxygen atoms in total. The predicted molar refractivity (Wildman–Crippen MR) is 80.8 cm³/mol. The fourth-order valence-corrected chi connectivity index (χ4v) is 2.85. The summed E-state index contributed by atoms with van der Waals surface area (Å²) in [7, 11) is 0. The van der Waals surface area contributed by atoms with Gasteiger partial charge >= 0.3 is 5.97 Å². The van der Waals surface area contributed by atoms with Crippen LogP contribution < -0.4 is 4.90 Å². The molecule has 0 unspecified atom stereocenters. The fourth-order valence-electron chi connectivity index (χ4n) is 2.85. The van der Waals surface area contributed by atoms with Gasteiger partial charge in [-0.1, -0.05) is 0 Å². The molecule has 0 spiro atoms. The summed E-state index contributed by atoms with van der Waals surface area (Å²) >= 11 is 0. The smallest absolute Gasteiger partial charge is 0.331 e. The molecule has 1 saturated heterocycles. The second-order valence-corrected chi connectivity index (χ2v) is 5.78. The first-order chi connectivity index (χ1) is 10.5. The van der Waals surface area contributed by atoms with Crippen molar-refractivity contribution in [3.05, 3.63) is 35.9 Å². The highest BCUT2D eigenvalue weighted by atomic mass is 16.4. The summed E-state index contributed by atoms with van der Waals surface area (Å²) in [5.41, 5.74) is 0.891. The SMILES string of the molecule is Cc1cnn(C2(C(=O)O)CCN(c3nccc(C)n3)CC2)c1. The minimum Gasteiger partial charge on any atom is -0.479 e. The Bertz CT molecular complexity index is 689. The van der Waals surface area contributed by atoms with Gasteiger partial charge in [-0.2, -0.15) is 5.10 Å². The molecule has 0 radical (unpaired) electrons. The fraction of sp³-hybridized carbons (Fsp3) is 0.467. The van der Waals surface area contributed by atoms with E-state index in [9.17, 15) is 9.90 Å². The third-order valence-electron chi connectivity index (χ3n) is 4.20. The number of carboxylic acids is 1. The van der Waals surface area contributed by atoms with E-state index < -0.39 is 11.5 Å². The Morgan fingerprint density at radius 3 is 2.59 bits per heavy atom. The van der Waals surface area contributed by atoms with Crippen molar-refractivity contribution >= 4 is 11.9 Å². The monoisotopic (exact) mass is 301 g/mol. The molecule has 3 rings (SSSR count). The van der Waals surface area contributed by atoms with Gasteiger partial charge in [-0.05, 0) is 25.5 Å². The lowest BCUT2D eigenvalue weighted by Gasteiger charge is -2.38. The van der Waals surface area contributed by atoms with Crippen LogP contribution >= 0.6 is 0 Å². The number of aliphatic carboxylic acids is 1. The van der Waals surface area contributed by atoms with Gasteiger partial charge in [-0.25, -0.2) is 14.8 Å². The molecule has 1 fully saturated rings. The molecule has 0 bridgehead atoms. The van der Waals surface area contributed by atoms with E-state index in [0.717, 1.165) is 11.3 Å². The van der Waals surface area contributed by atoms with Gasteiger partial charge < -0.3 is 10.0 Å². The Labute approximate surface area is 128 Å². The van der Waals surface area contributed by atoms with Crippen LogP contribution in [0.1, 0.15) is 24.1 Å². The first-order valence-electron chi connectivity index (χ1n) is 7.31. The van der Waals surface area contributed by atoms with Crippen LogP contribution in [0.2, 0.25) is 0 Å². The van der Waals surface area contributed by atoms with E-state index >= 15 is 0 Å². The van der Waals surface area contributed by atoms with Crippen molar-refractivity contribution in [2.75, 3.05) is 18.0 Å². The Balaban J connectivity index is 1.83. The quantitative estimate of drug-likeness (QED) is 0.921. The van der Waals surface area contributed by atoms with Crippen LogP contribution in [0.25, 0.3) is 0 Å². The lowest BCUT2D eigenvalue weighted by molar-refractivity contribution is -0.149. The second-order valence-electron chi connectivity index (χ2n) is 5.78. The average Bonchev–Trinajstić information content (AvgIpc) is 2.94. The normalized spacial score (nSPS) is 17.5. The van der Waals surface area contributed by atoms with E-state index in [4.69, 9.17) is 0 Å². The Kier molecular flexibility index (Phi) is 3.56. The Hall–Kier alpha value is -2.44. The molecule has 1 N–H and O–H groups in total. The third kappa shape index (κ3) is 2.43. The number of anilines is 1. The number of hydrogen-bond acceptors (Lipinski definition) is 5. The minimum absolute atomic E-state index is 0.473. The second kappa shape index (κ2) is 5.40. The molecule has 0 aromatic carbocycles. The van der Waals surface area contributed by atoms with Crippen LogP contribution in [-0.4, -0.2) is 43.9 Å². The molecule has 1 aliphatic heterocycles. The van der Waals surface area contributed by atoms with E-state index in [1.165, 1.54) is 0 Å². The van der Waals surface area contributed by atoms with Gasteiger partial charge in [-0.15, -0.1) is 0 Å². The summed E-state index contributed by atoms with van der Waals surface area (Å²) in [6, 6.07) is 1.85. The van der Waals surface area contributed by atoms with Crippen molar-refractivity contribution < 1.29 is 9.90 Å². The van der Waals surface area contributed by atoms with Gasteiger partial charge in [0.15, 0.2) is 5.54 Å². The summed E-state index contributed by atoms with van der Waals surface area (Å²) in [5.74, 6) is -0.170. The van der Waals surface area contributed by atoms with Crippen molar-refractivity contribution in [3.8, 4) is 0 Å². The van der Waals surface area contributed by atoms with E-state index in [0.29, 0.717) is 31.9 Å². The number of hydrogen-bond donors (Lipinski definition) is 1. The molecule has 0 saturated carbocycles. The molecule has 2 aromatic rings. The van der Waals surface area contributed by atoms with Crippen LogP contribution in [-0.2, 0) is 10.3 Å². The zero-order valence-corrected chi connectivity index (χ0v) is 12.7. The molecule has 0 atom stereocenters. The number of aryl methyl sites for hydroxylation is 2. The van der Waals surface area contributed by atoms with Gasteiger partial charge in [0.2, 0.25) is 5.95 Å². The van der Waals surface area contributed by atoms with Crippen molar-refractivity contribution in [1.29, 1.82) is 0 Å². The summed E-state index contributed by atoms with van der Waals surface area (Å²) in [5, 5.41) is 14.0. The zero-order valence-electron chi connectivity index (χ0n) is 12.7. The number of aromatic nitrogens is 4. The first-order valence-corrected chi connectivity index (χ1v) is 7.31. The summed E-state index contributed by atoms with van der Waals surface area (Å²) in [6.45, 7) is 5.02. The van der Waals surface area contributed by atoms with Crippen molar-refractivity contribution in [1.82, 2.24) is 19.7 Å². The van der Waals surface area contributed by atoms with Crippen molar-refractivity contribution in [3.63, 3.8) is 0 Å². The lowest BCUT2D eigenvalue weighted by Crippen LogP contribution is -2.51. The van der Waals surface area contributed by atoms with Gasteiger partial charge in [0.05, 0.1) is 6.20 Å². The largest absolute Gasteiger partial charge is 0.479 e. The number of piperidine rings is 1. The highest BCUT2D eigenvalue weighted by Gasteiger charge is 2.44. The van der Waals surface area contributed by atoms with Crippen LogP contribution in [0.3, 0.4) is 0 Å². The average molecular weight is 301 g/mol. The van der Waals surface area contributed by atoms with Gasteiger partial charge in [0.1, 0.15) is 0 Å². The molecule has 3 heterocycles. The molecule has 116 valence electrons. The minimum atomic E-state index is -0.978. The van der Waals surface area contributed by atoms with Crippen LogP contribution in [0, 0.1) is 13.8 Å². The van der Waals surface area contributed by atoms with E-state index in [2.05, 4.69) is 15.1 Å². The van der Waals surface area contributed by atoms with Gasteiger partial charge in [0, 0.05) is 44.0 Å². The standard InChI is InChI=1S/C15H19N5O2/c1-11-9-17-20(10-11)15(13(21)22)4-7-19(8-5-15)14-16-6-3-12(2)18-14/h3,6,9-10H,4-5,7-8H2,1-2H3,(H,21,22). The third-order valence-corrected chi connectivity index (χ3v) is 4.20. The first kappa shape index (κ1) is 14.5. The Morgan fingerprint density at radius 1 is 1.32 bits per heavy atom. The predicted octanol–water partition coefficient (Wildman–Crippen LogP) is 1.37. The maximum absolute atomic E-state index is 11.9. The van der Waals surface area contributed by atoms with Gasteiger partial charge in [0.25, 0.3) is 0 Å². The van der Waals surface area contributed by atoms with Gasteiger partial charge in [-0.3, -0.25) is 4.68 Å². The van der Waals surface area contributed by atoms with Crippen LogP contribution in [0.4, 0.5) is 5.95 Å². The Morgan fingerprint density at radius 2 is 2.05 bits per heavy atom. The maximum Gasteiger partial charge on any atom is 0.331 e. The maximum atomic E-state index is 11.9. The van der Waals surface area contributed by atoms with Crippen LogP contribution in [0.5, 0.6) is 0 Å². The molecular formula is C15H19N5O2. The number of nitrogens with zero attached hydrogens (tertiary/aromatic N) is 5. The molecule has 1 aliphatic rings. The highest BCUT2D eigenvalue weighted by molar-refractivity contribution is 5.77. The van der Waals surface area contributed by atoms with Crippen molar-refractivity contribution in [2.45, 2.75) is 32.2 Å². The van der Waals surface area contributed by atoms with Crippen molar-refractivity contribution in [2.24, 2.45) is 0 Å². The number of carboxylic acid groups (broad SMARTS) is 1. The molecular weight excluding hydrogens is 282 g/mol. The summed E-state index contributed by atoms with van der Waals surface area (Å²) < 4.78 is 1.60. The highest BCUT2D eigenvalue weighted by Crippen LogP contribution is 2.31. The van der Waals surface area contributed by atoms with E-state index in [1.807, 2.05) is 24.8 Å². The van der Waals surface area contributed by atoms with E-state index in [1.54, 1.807) is 23.3 Å². The van der Waals surface area contributed by atoms with E-state index in [-0.39, 0.29) is 0 Å². The molecule has 0 amide bonds. The molecule has 2 aromatic heterocycles. The number of rotatable bonds is 3. The molecule has 7 heteroatoms. The number of carbonyl (C=O) groups is 1. The molecule has 0 aliphatic carbocycles. The van der Waals surface area contributed by atoms with Crippen LogP contribution in [0.15, 0.2) is 24.7 Å². The zero-order chi connectivity index (χ0) is 15.7. The lowest BCUT2D eigenvalue weighted by atomic mass is 9.87. The summed E-state index contributed by atoms with van der Waals surface area (Å²) in [4.78, 5) is 22.6.